The SMILES string of the molecule is Cc1csc(C2(NC(=O)CC[C@@H]3CC[C@H](C)O3)CCCC2)n1. The van der Waals surface area contributed by atoms with Crippen LogP contribution in [0.25, 0.3) is 0 Å². The zero-order valence-electron chi connectivity index (χ0n) is 13.6. The molecule has 0 aromatic carbocycles. The van der Waals surface area contributed by atoms with Gasteiger partial charge in [0.05, 0.1) is 17.7 Å². The zero-order chi connectivity index (χ0) is 15.6. The van der Waals surface area contributed by atoms with Gasteiger partial charge in [-0.25, -0.2) is 4.98 Å². The zero-order valence-corrected chi connectivity index (χ0v) is 14.4. The van der Waals surface area contributed by atoms with Crippen LogP contribution in [0.1, 0.15) is 69.0 Å². The Labute approximate surface area is 136 Å². The summed E-state index contributed by atoms with van der Waals surface area (Å²) in [4.78, 5) is 17.1. The van der Waals surface area contributed by atoms with E-state index in [1.807, 2.05) is 6.92 Å². The molecule has 22 heavy (non-hydrogen) atoms. The molecule has 0 bridgehead atoms. The fraction of sp³-hybridized carbons (Fsp3) is 0.765. The van der Waals surface area contributed by atoms with Crippen molar-refractivity contribution in [2.45, 2.75) is 83.0 Å². The van der Waals surface area contributed by atoms with Crippen LogP contribution in [0.15, 0.2) is 5.38 Å². The lowest BCUT2D eigenvalue weighted by molar-refractivity contribution is -0.123. The van der Waals surface area contributed by atoms with E-state index in [4.69, 9.17) is 4.74 Å². The Bertz CT molecular complexity index is 522. The number of aromatic nitrogens is 1. The van der Waals surface area contributed by atoms with Crippen molar-refractivity contribution in [1.29, 1.82) is 0 Å². The van der Waals surface area contributed by atoms with Crippen molar-refractivity contribution in [2.24, 2.45) is 0 Å². The Hall–Kier alpha value is -0.940. The molecule has 4 nitrogen and oxygen atoms in total. The van der Waals surface area contributed by atoms with Gasteiger partial charge >= 0.3 is 0 Å². The summed E-state index contributed by atoms with van der Waals surface area (Å²) in [5, 5.41) is 6.47. The molecule has 1 amide bonds. The topological polar surface area (TPSA) is 51.2 Å². The molecule has 1 aromatic rings. The summed E-state index contributed by atoms with van der Waals surface area (Å²) in [7, 11) is 0. The predicted molar refractivity (Wildman–Crippen MR) is 87.9 cm³/mol. The molecular weight excluding hydrogens is 296 g/mol. The standard InChI is InChI=1S/C17H26N2O2S/c1-12-11-22-16(18-12)17(9-3-4-10-17)19-15(20)8-7-14-6-5-13(2)21-14/h11,13-14H,3-10H2,1-2H3,(H,19,20)/t13-,14-/m0/s1. The molecular formula is C17H26N2O2S. The monoisotopic (exact) mass is 322 g/mol. The van der Waals surface area contributed by atoms with Crippen molar-refractivity contribution >= 4 is 17.2 Å². The minimum absolute atomic E-state index is 0.151. The first-order valence-electron chi connectivity index (χ1n) is 8.46. The van der Waals surface area contributed by atoms with Crippen LogP contribution in [0, 0.1) is 6.92 Å². The average Bonchev–Trinajstić information content (AvgIpc) is 3.19. The van der Waals surface area contributed by atoms with Crippen LogP contribution in [0.5, 0.6) is 0 Å². The van der Waals surface area contributed by atoms with Gasteiger partial charge in [0.25, 0.3) is 0 Å². The molecule has 0 spiro atoms. The summed E-state index contributed by atoms with van der Waals surface area (Å²) in [6.07, 6.45) is 8.59. The number of carbonyl (C=O) groups excluding carboxylic acids is 1. The number of ether oxygens (including phenoxy) is 1. The second kappa shape index (κ2) is 6.67. The van der Waals surface area contributed by atoms with Gasteiger partial charge in [-0.3, -0.25) is 4.79 Å². The van der Waals surface area contributed by atoms with Gasteiger partial charge in [-0.05, 0) is 46.0 Å². The Morgan fingerprint density at radius 1 is 1.45 bits per heavy atom. The number of amides is 1. The number of hydrogen-bond acceptors (Lipinski definition) is 4. The van der Waals surface area contributed by atoms with Crippen molar-refractivity contribution < 1.29 is 9.53 Å². The van der Waals surface area contributed by atoms with Gasteiger partial charge in [0.1, 0.15) is 5.01 Å². The summed E-state index contributed by atoms with van der Waals surface area (Å²) in [5.74, 6) is 0.151. The second-order valence-electron chi connectivity index (χ2n) is 6.82. The number of thiazole rings is 1. The summed E-state index contributed by atoms with van der Waals surface area (Å²) in [6.45, 7) is 4.13. The van der Waals surface area contributed by atoms with E-state index in [1.54, 1.807) is 11.3 Å². The number of rotatable bonds is 5. The third kappa shape index (κ3) is 3.51. The molecule has 2 heterocycles. The molecule has 0 radical (unpaired) electrons. The first kappa shape index (κ1) is 15.9. The molecule has 1 aliphatic heterocycles. The smallest absolute Gasteiger partial charge is 0.220 e. The van der Waals surface area contributed by atoms with Crippen molar-refractivity contribution in [2.75, 3.05) is 0 Å². The highest BCUT2D eigenvalue weighted by molar-refractivity contribution is 7.09. The Kier molecular flexibility index (Phi) is 4.83. The normalized spacial score (nSPS) is 27.2. The van der Waals surface area contributed by atoms with Crippen LogP contribution < -0.4 is 5.32 Å². The van der Waals surface area contributed by atoms with Crippen LogP contribution in [-0.2, 0) is 15.1 Å². The summed E-state index contributed by atoms with van der Waals surface area (Å²) < 4.78 is 5.80. The van der Waals surface area contributed by atoms with E-state index in [2.05, 4.69) is 22.6 Å². The number of carbonyl (C=O) groups is 1. The molecule has 122 valence electrons. The van der Waals surface area contributed by atoms with Crippen molar-refractivity contribution in [3.8, 4) is 0 Å². The van der Waals surface area contributed by atoms with Gasteiger partial charge in [-0.15, -0.1) is 11.3 Å². The van der Waals surface area contributed by atoms with Crippen LogP contribution in [0.4, 0.5) is 0 Å². The van der Waals surface area contributed by atoms with Gasteiger partial charge < -0.3 is 10.1 Å². The first-order chi connectivity index (χ1) is 10.6. The van der Waals surface area contributed by atoms with Gasteiger partial charge in [-0.2, -0.15) is 0 Å². The van der Waals surface area contributed by atoms with E-state index in [0.29, 0.717) is 12.5 Å². The molecule has 3 rings (SSSR count). The lowest BCUT2D eigenvalue weighted by Crippen LogP contribution is -2.44. The molecule has 1 aromatic heterocycles. The van der Waals surface area contributed by atoms with E-state index in [9.17, 15) is 4.79 Å². The molecule has 1 aliphatic carbocycles. The minimum Gasteiger partial charge on any atom is -0.375 e. The number of hydrogen-bond donors (Lipinski definition) is 1. The Morgan fingerprint density at radius 3 is 2.82 bits per heavy atom. The highest BCUT2D eigenvalue weighted by Gasteiger charge is 2.39. The first-order valence-corrected chi connectivity index (χ1v) is 9.34. The molecule has 2 atom stereocenters. The maximum atomic E-state index is 12.4. The number of nitrogens with one attached hydrogen (secondary N) is 1. The molecule has 1 saturated heterocycles. The van der Waals surface area contributed by atoms with Gasteiger partial charge in [0.2, 0.25) is 5.91 Å². The van der Waals surface area contributed by atoms with Gasteiger partial charge in [0.15, 0.2) is 0 Å². The van der Waals surface area contributed by atoms with Crippen LogP contribution in [-0.4, -0.2) is 23.1 Å². The molecule has 1 N–H and O–H groups in total. The van der Waals surface area contributed by atoms with E-state index in [1.165, 1.54) is 12.8 Å². The predicted octanol–water partition coefficient (Wildman–Crippen LogP) is 3.68. The van der Waals surface area contributed by atoms with Crippen molar-refractivity contribution in [3.63, 3.8) is 0 Å². The highest BCUT2D eigenvalue weighted by Crippen LogP contribution is 2.40. The summed E-state index contributed by atoms with van der Waals surface area (Å²) in [6, 6.07) is 0. The fourth-order valence-corrected chi connectivity index (χ4v) is 4.68. The molecule has 2 aliphatic rings. The molecule has 1 saturated carbocycles. The second-order valence-corrected chi connectivity index (χ2v) is 7.67. The number of nitrogens with zero attached hydrogens (tertiary/aromatic N) is 1. The summed E-state index contributed by atoms with van der Waals surface area (Å²) >= 11 is 1.68. The van der Waals surface area contributed by atoms with Crippen LogP contribution >= 0.6 is 11.3 Å². The highest BCUT2D eigenvalue weighted by atomic mass is 32.1. The van der Waals surface area contributed by atoms with E-state index < -0.39 is 0 Å². The maximum Gasteiger partial charge on any atom is 0.220 e. The lowest BCUT2D eigenvalue weighted by Gasteiger charge is -2.28. The van der Waals surface area contributed by atoms with Crippen molar-refractivity contribution in [3.05, 3.63) is 16.1 Å². The van der Waals surface area contributed by atoms with Crippen LogP contribution in [0.3, 0.4) is 0 Å². The van der Waals surface area contributed by atoms with E-state index in [0.717, 1.165) is 42.8 Å². The minimum atomic E-state index is -0.208. The van der Waals surface area contributed by atoms with Gasteiger partial charge in [-0.1, -0.05) is 12.8 Å². The lowest BCUT2D eigenvalue weighted by atomic mass is 9.97. The Morgan fingerprint density at radius 2 is 2.23 bits per heavy atom. The number of aryl methyl sites for hydroxylation is 1. The third-order valence-electron chi connectivity index (χ3n) is 4.88. The maximum absolute atomic E-state index is 12.4. The quantitative estimate of drug-likeness (QED) is 0.899. The molecule has 0 unspecified atom stereocenters. The van der Waals surface area contributed by atoms with Gasteiger partial charge in [0, 0.05) is 17.5 Å². The average molecular weight is 322 g/mol. The fourth-order valence-electron chi connectivity index (χ4n) is 3.66. The van der Waals surface area contributed by atoms with E-state index >= 15 is 0 Å². The van der Waals surface area contributed by atoms with E-state index in [-0.39, 0.29) is 17.6 Å². The van der Waals surface area contributed by atoms with Crippen molar-refractivity contribution in [1.82, 2.24) is 10.3 Å². The molecule has 5 heteroatoms. The largest absolute Gasteiger partial charge is 0.375 e. The summed E-state index contributed by atoms with van der Waals surface area (Å²) in [5.41, 5.74) is 0.841. The third-order valence-corrected chi connectivity index (χ3v) is 6.04. The van der Waals surface area contributed by atoms with Crippen LogP contribution in [0.2, 0.25) is 0 Å². The Balaban J connectivity index is 1.58. The molecule has 2 fully saturated rings.